The summed E-state index contributed by atoms with van der Waals surface area (Å²) in [5.74, 6) is 1.29. The smallest absolute Gasteiger partial charge is 0.410 e. The minimum absolute atomic E-state index is 0.154. The molecule has 1 unspecified atom stereocenters. The third-order valence-corrected chi connectivity index (χ3v) is 4.73. The molecule has 2 N–H and O–H groups in total. The molecule has 1 atom stereocenters. The number of piperidine rings is 2. The number of carbonyl (C=O) groups is 1. The summed E-state index contributed by atoms with van der Waals surface area (Å²) in [7, 11) is 0. The molecule has 2 rings (SSSR count). The Kier molecular flexibility index (Phi) is 6.09. The molecule has 0 saturated carbocycles. The SMILES string of the molecule is CC(C)(C)OC(=O)N1CCCC(CN2CCC(CN)CC2)C1. The first-order chi connectivity index (χ1) is 10.4. The highest BCUT2D eigenvalue weighted by atomic mass is 16.6. The Morgan fingerprint density at radius 1 is 1.14 bits per heavy atom. The summed E-state index contributed by atoms with van der Waals surface area (Å²) in [6, 6.07) is 0. The second kappa shape index (κ2) is 7.64. The van der Waals surface area contributed by atoms with Crippen molar-refractivity contribution in [2.24, 2.45) is 17.6 Å². The van der Waals surface area contributed by atoms with E-state index in [0.717, 1.165) is 45.7 Å². The molecule has 0 aromatic heterocycles. The summed E-state index contributed by atoms with van der Waals surface area (Å²) in [6.45, 7) is 11.7. The maximum Gasteiger partial charge on any atom is 0.410 e. The molecule has 128 valence electrons. The zero-order valence-electron chi connectivity index (χ0n) is 14.5. The topological polar surface area (TPSA) is 58.8 Å². The fraction of sp³-hybridized carbons (Fsp3) is 0.941. The molecule has 0 radical (unpaired) electrons. The van der Waals surface area contributed by atoms with Crippen LogP contribution in [0.1, 0.15) is 46.5 Å². The van der Waals surface area contributed by atoms with Crippen LogP contribution in [0.25, 0.3) is 0 Å². The Labute approximate surface area is 135 Å². The molecular weight excluding hydrogens is 278 g/mol. The predicted octanol–water partition coefficient (Wildman–Crippen LogP) is 2.30. The molecule has 0 aliphatic carbocycles. The van der Waals surface area contributed by atoms with Gasteiger partial charge in [-0.2, -0.15) is 0 Å². The van der Waals surface area contributed by atoms with Gasteiger partial charge in [0.05, 0.1) is 0 Å². The lowest BCUT2D eigenvalue weighted by molar-refractivity contribution is 0.0137. The Morgan fingerprint density at radius 3 is 2.41 bits per heavy atom. The number of hydrogen-bond donors (Lipinski definition) is 1. The molecule has 2 heterocycles. The molecule has 0 aromatic carbocycles. The van der Waals surface area contributed by atoms with E-state index < -0.39 is 5.60 Å². The van der Waals surface area contributed by atoms with Crippen molar-refractivity contribution >= 4 is 6.09 Å². The van der Waals surface area contributed by atoms with Gasteiger partial charge in [-0.3, -0.25) is 0 Å². The van der Waals surface area contributed by atoms with Crippen LogP contribution in [0.15, 0.2) is 0 Å². The van der Waals surface area contributed by atoms with E-state index in [4.69, 9.17) is 10.5 Å². The predicted molar refractivity (Wildman–Crippen MR) is 88.7 cm³/mol. The third kappa shape index (κ3) is 5.43. The summed E-state index contributed by atoms with van der Waals surface area (Å²) < 4.78 is 5.50. The summed E-state index contributed by atoms with van der Waals surface area (Å²) in [5, 5.41) is 0. The number of rotatable bonds is 3. The second-order valence-electron chi connectivity index (χ2n) is 7.91. The molecule has 0 spiro atoms. The number of carbonyl (C=O) groups excluding carboxylic acids is 1. The maximum atomic E-state index is 12.2. The lowest BCUT2D eigenvalue weighted by Crippen LogP contribution is -2.47. The summed E-state index contributed by atoms with van der Waals surface area (Å²) in [4.78, 5) is 16.7. The van der Waals surface area contributed by atoms with Crippen molar-refractivity contribution in [1.29, 1.82) is 0 Å². The summed E-state index contributed by atoms with van der Waals surface area (Å²) in [5.41, 5.74) is 5.35. The number of amides is 1. The zero-order chi connectivity index (χ0) is 16.2. The Morgan fingerprint density at radius 2 is 1.82 bits per heavy atom. The van der Waals surface area contributed by atoms with Crippen LogP contribution < -0.4 is 5.73 Å². The van der Waals surface area contributed by atoms with Crippen molar-refractivity contribution in [3.63, 3.8) is 0 Å². The van der Waals surface area contributed by atoms with Crippen molar-refractivity contribution in [1.82, 2.24) is 9.80 Å². The molecule has 1 amide bonds. The van der Waals surface area contributed by atoms with Crippen LogP contribution in [0.3, 0.4) is 0 Å². The first kappa shape index (κ1) is 17.5. The van der Waals surface area contributed by atoms with Gasteiger partial charge in [-0.05, 0) is 77.9 Å². The molecule has 0 aromatic rings. The Bertz CT molecular complexity index is 359. The number of likely N-dealkylation sites (tertiary alicyclic amines) is 2. The molecule has 2 saturated heterocycles. The number of nitrogens with two attached hydrogens (primary N) is 1. The van der Waals surface area contributed by atoms with E-state index in [-0.39, 0.29) is 6.09 Å². The van der Waals surface area contributed by atoms with Crippen LogP contribution in [-0.4, -0.2) is 60.8 Å². The van der Waals surface area contributed by atoms with E-state index in [9.17, 15) is 4.79 Å². The van der Waals surface area contributed by atoms with Crippen molar-refractivity contribution in [2.75, 3.05) is 39.3 Å². The van der Waals surface area contributed by atoms with Gasteiger partial charge in [-0.15, -0.1) is 0 Å². The highest BCUT2D eigenvalue weighted by Gasteiger charge is 2.29. The zero-order valence-corrected chi connectivity index (χ0v) is 14.5. The minimum Gasteiger partial charge on any atom is -0.444 e. The first-order valence-corrected chi connectivity index (χ1v) is 8.77. The van der Waals surface area contributed by atoms with Crippen molar-refractivity contribution in [2.45, 2.75) is 52.1 Å². The average molecular weight is 311 g/mol. The van der Waals surface area contributed by atoms with Crippen LogP contribution >= 0.6 is 0 Å². The van der Waals surface area contributed by atoms with Crippen LogP contribution in [0.5, 0.6) is 0 Å². The third-order valence-electron chi connectivity index (χ3n) is 4.73. The van der Waals surface area contributed by atoms with Gasteiger partial charge in [0.1, 0.15) is 5.60 Å². The quantitative estimate of drug-likeness (QED) is 0.869. The molecule has 2 aliphatic rings. The van der Waals surface area contributed by atoms with Crippen LogP contribution in [0.4, 0.5) is 4.79 Å². The molecule has 2 aliphatic heterocycles. The molecule has 22 heavy (non-hydrogen) atoms. The molecule has 5 heteroatoms. The highest BCUT2D eigenvalue weighted by Crippen LogP contribution is 2.23. The number of nitrogens with zero attached hydrogens (tertiary/aromatic N) is 2. The van der Waals surface area contributed by atoms with Gasteiger partial charge < -0.3 is 20.3 Å². The summed E-state index contributed by atoms with van der Waals surface area (Å²) in [6.07, 6.45) is 4.59. The van der Waals surface area contributed by atoms with Gasteiger partial charge in [0, 0.05) is 19.6 Å². The molecule has 2 fully saturated rings. The van der Waals surface area contributed by atoms with Crippen molar-refractivity contribution < 1.29 is 9.53 Å². The van der Waals surface area contributed by atoms with E-state index >= 15 is 0 Å². The monoisotopic (exact) mass is 311 g/mol. The van der Waals surface area contributed by atoms with E-state index in [0.29, 0.717) is 11.8 Å². The fourth-order valence-corrected chi connectivity index (χ4v) is 3.48. The Hall–Kier alpha value is -0.810. The summed E-state index contributed by atoms with van der Waals surface area (Å²) >= 11 is 0. The van der Waals surface area contributed by atoms with Crippen molar-refractivity contribution in [3.05, 3.63) is 0 Å². The maximum absolute atomic E-state index is 12.2. The lowest BCUT2D eigenvalue weighted by atomic mass is 9.93. The van der Waals surface area contributed by atoms with E-state index in [1.807, 2.05) is 25.7 Å². The fourth-order valence-electron chi connectivity index (χ4n) is 3.48. The van der Waals surface area contributed by atoms with E-state index in [2.05, 4.69) is 4.90 Å². The van der Waals surface area contributed by atoms with Gasteiger partial charge in [0.15, 0.2) is 0 Å². The van der Waals surface area contributed by atoms with Gasteiger partial charge in [0.25, 0.3) is 0 Å². The van der Waals surface area contributed by atoms with E-state index in [1.165, 1.54) is 19.3 Å². The van der Waals surface area contributed by atoms with Gasteiger partial charge >= 0.3 is 6.09 Å². The minimum atomic E-state index is -0.409. The van der Waals surface area contributed by atoms with Gasteiger partial charge in [-0.25, -0.2) is 4.79 Å². The molecule has 5 nitrogen and oxygen atoms in total. The standard InChI is InChI=1S/C17H33N3O2/c1-17(2,3)22-16(21)20-8-4-5-15(13-20)12-19-9-6-14(11-18)7-10-19/h14-15H,4-13,18H2,1-3H3. The van der Waals surface area contributed by atoms with Crippen LogP contribution in [0.2, 0.25) is 0 Å². The van der Waals surface area contributed by atoms with Crippen LogP contribution in [0, 0.1) is 11.8 Å². The number of hydrogen-bond acceptors (Lipinski definition) is 4. The Balaban J connectivity index is 1.77. The molecular formula is C17H33N3O2. The highest BCUT2D eigenvalue weighted by molar-refractivity contribution is 5.68. The molecule has 0 bridgehead atoms. The lowest BCUT2D eigenvalue weighted by Gasteiger charge is -2.38. The largest absolute Gasteiger partial charge is 0.444 e. The average Bonchev–Trinajstić information content (AvgIpc) is 2.46. The second-order valence-corrected chi connectivity index (χ2v) is 7.91. The van der Waals surface area contributed by atoms with Crippen molar-refractivity contribution in [3.8, 4) is 0 Å². The van der Waals surface area contributed by atoms with Crippen LogP contribution in [-0.2, 0) is 4.74 Å². The van der Waals surface area contributed by atoms with Gasteiger partial charge in [0.2, 0.25) is 0 Å². The normalized spacial score (nSPS) is 25.3. The first-order valence-electron chi connectivity index (χ1n) is 8.77. The van der Waals surface area contributed by atoms with Gasteiger partial charge in [-0.1, -0.05) is 0 Å². The van der Waals surface area contributed by atoms with E-state index in [1.54, 1.807) is 0 Å². The number of ether oxygens (including phenoxy) is 1.